The Kier molecular flexibility index (Phi) is 7.27. The highest BCUT2D eigenvalue weighted by Gasteiger charge is 2.37. The topological polar surface area (TPSA) is 68.2 Å². The number of aliphatic hydroxyl groups is 1. The molecule has 0 bridgehead atoms. The molecule has 33 heavy (non-hydrogen) atoms. The van der Waals surface area contributed by atoms with Gasteiger partial charge in [-0.15, -0.1) is 0 Å². The Morgan fingerprint density at radius 3 is 2.42 bits per heavy atom. The van der Waals surface area contributed by atoms with Crippen molar-refractivity contribution in [2.24, 2.45) is 0 Å². The number of carbonyl (C=O) groups excluding carboxylic acids is 1. The lowest BCUT2D eigenvalue weighted by molar-refractivity contribution is -0.145. The van der Waals surface area contributed by atoms with Crippen LogP contribution in [-0.4, -0.2) is 42.3 Å². The summed E-state index contributed by atoms with van der Waals surface area (Å²) in [5.74, 6) is 0.751. The molecule has 0 spiro atoms. The van der Waals surface area contributed by atoms with Gasteiger partial charge in [-0.3, -0.25) is 4.79 Å². The number of benzene rings is 3. The molecular formula is C27H29NO5. The van der Waals surface area contributed by atoms with Crippen LogP contribution in [0.2, 0.25) is 0 Å². The van der Waals surface area contributed by atoms with Crippen LogP contribution < -0.4 is 9.47 Å². The van der Waals surface area contributed by atoms with Gasteiger partial charge in [0.15, 0.2) is 17.6 Å². The highest BCUT2D eigenvalue weighted by atomic mass is 16.5. The average Bonchev–Trinajstić information content (AvgIpc) is 3.01. The fourth-order valence-corrected chi connectivity index (χ4v) is 4.07. The van der Waals surface area contributed by atoms with Gasteiger partial charge in [0, 0.05) is 6.54 Å². The summed E-state index contributed by atoms with van der Waals surface area (Å²) in [6, 6.07) is 24.8. The number of hydrogen-bond donors (Lipinski definition) is 1. The summed E-state index contributed by atoms with van der Waals surface area (Å²) in [6.45, 7) is 3.09. The first kappa shape index (κ1) is 22.8. The zero-order valence-corrected chi connectivity index (χ0v) is 18.9. The lowest BCUT2D eigenvalue weighted by Gasteiger charge is -2.29. The summed E-state index contributed by atoms with van der Waals surface area (Å²) >= 11 is 0. The summed E-state index contributed by atoms with van der Waals surface area (Å²) in [5.41, 5.74) is 2.72. The Morgan fingerprint density at radius 1 is 1.03 bits per heavy atom. The molecular weight excluding hydrogens is 418 g/mol. The van der Waals surface area contributed by atoms with Crippen LogP contribution in [0.25, 0.3) is 0 Å². The molecule has 6 heteroatoms. The first-order valence-electron chi connectivity index (χ1n) is 11.1. The SMILES string of the molecule is COc1cc([C@H]2OCCN([C@@H](C)c3ccccc3)C(=O)[C@@H]2O)ccc1OCc1ccccc1. The van der Waals surface area contributed by atoms with E-state index in [2.05, 4.69) is 0 Å². The van der Waals surface area contributed by atoms with Crippen LogP contribution in [0.3, 0.4) is 0 Å². The number of hydrogen-bond acceptors (Lipinski definition) is 5. The molecule has 3 aromatic rings. The van der Waals surface area contributed by atoms with E-state index in [4.69, 9.17) is 14.2 Å². The van der Waals surface area contributed by atoms with Gasteiger partial charge in [0.1, 0.15) is 12.7 Å². The maximum atomic E-state index is 13.2. The zero-order chi connectivity index (χ0) is 23.2. The lowest BCUT2D eigenvalue weighted by atomic mass is 10.0. The second kappa shape index (κ2) is 10.5. The molecule has 1 amide bonds. The van der Waals surface area contributed by atoms with Crippen molar-refractivity contribution in [3.05, 3.63) is 95.6 Å². The van der Waals surface area contributed by atoms with Gasteiger partial charge in [-0.1, -0.05) is 66.7 Å². The molecule has 0 aliphatic carbocycles. The number of amides is 1. The van der Waals surface area contributed by atoms with Crippen LogP contribution in [0.4, 0.5) is 0 Å². The summed E-state index contributed by atoms with van der Waals surface area (Å²) in [7, 11) is 1.56. The standard InChI is InChI=1S/C27H29NO5/c1-19(21-11-7-4-8-12-21)28-15-16-32-26(25(29)27(28)30)22-13-14-23(24(17-22)31-2)33-18-20-9-5-3-6-10-20/h3-14,17,19,25-26,29H,15-16,18H2,1-2H3/t19-,25+,26+/m0/s1. The summed E-state index contributed by atoms with van der Waals surface area (Å²) < 4.78 is 17.4. The summed E-state index contributed by atoms with van der Waals surface area (Å²) in [6.07, 6.45) is -2.11. The Labute approximate surface area is 194 Å². The van der Waals surface area contributed by atoms with Crippen LogP contribution >= 0.6 is 0 Å². The molecule has 1 aliphatic heterocycles. The van der Waals surface area contributed by atoms with Gasteiger partial charge in [-0.05, 0) is 35.7 Å². The van der Waals surface area contributed by atoms with Crippen molar-refractivity contribution in [1.82, 2.24) is 4.90 Å². The molecule has 1 saturated heterocycles. The molecule has 1 aliphatic rings. The van der Waals surface area contributed by atoms with E-state index in [1.54, 1.807) is 30.2 Å². The fourth-order valence-electron chi connectivity index (χ4n) is 4.07. The number of nitrogens with zero attached hydrogens (tertiary/aromatic N) is 1. The van der Waals surface area contributed by atoms with Crippen LogP contribution in [0, 0.1) is 0 Å². The van der Waals surface area contributed by atoms with Crippen LogP contribution in [0.15, 0.2) is 78.9 Å². The molecule has 0 unspecified atom stereocenters. The highest BCUT2D eigenvalue weighted by Crippen LogP contribution is 2.35. The monoisotopic (exact) mass is 447 g/mol. The van der Waals surface area contributed by atoms with E-state index in [1.807, 2.05) is 67.6 Å². The van der Waals surface area contributed by atoms with E-state index in [0.29, 0.717) is 36.8 Å². The number of carbonyl (C=O) groups is 1. The molecule has 1 heterocycles. The molecule has 0 radical (unpaired) electrons. The van der Waals surface area contributed by atoms with Crippen LogP contribution in [0.1, 0.15) is 35.8 Å². The van der Waals surface area contributed by atoms with Gasteiger partial charge in [0.05, 0.1) is 19.8 Å². The minimum Gasteiger partial charge on any atom is -0.493 e. The van der Waals surface area contributed by atoms with Crippen molar-refractivity contribution in [2.45, 2.75) is 31.8 Å². The lowest BCUT2D eigenvalue weighted by Crippen LogP contribution is -2.41. The first-order chi connectivity index (χ1) is 16.1. The van der Waals surface area contributed by atoms with Crippen molar-refractivity contribution in [1.29, 1.82) is 0 Å². The smallest absolute Gasteiger partial charge is 0.255 e. The molecule has 0 saturated carbocycles. The van der Waals surface area contributed by atoms with E-state index in [-0.39, 0.29) is 11.9 Å². The minimum absolute atomic E-state index is 0.168. The summed E-state index contributed by atoms with van der Waals surface area (Å²) in [5, 5.41) is 10.9. The molecule has 6 nitrogen and oxygen atoms in total. The molecule has 1 N–H and O–H groups in total. The van der Waals surface area contributed by atoms with E-state index in [1.165, 1.54) is 0 Å². The normalized spacial score (nSPS) is 19.6. The summed E-state index contributed by atoms with van der Waals surface area (Å²) in [4.78, 5) is 14.8. The number of aliphatic hydroxyl groups excluding tert-OH is 1. The van der Waals surface area contributed by atoms with Crippen molar-refractivity contribution in [3.8, 4) is 11.5 Å². The highest BCUT2D eigenvalue weighted by molar-refractivity contribution is 5.82. The van der Waals surface area contributed by atoms with Gasteiger partial charge >= 0.3 is 0 Å². The Balaban J connectivity index is 1.50. The molecule has 3 atom stereocenters. The van der Waals surface area contributed by atoms with E-state index >= 15 is 0 Å². The number of rotatable bonds is 7. The Hall–Kier alpha value is -3.35. The third-order valence-electron chi connectivity index (χ3n) is 5.96. The van der Waals surface area contributed by atoms with Gasteiger partial charge in [-0.25, -0.2) is 0 Å². The van der Waals surface area contributed by atoms with Crippen LogP contribution in [-0.2, 0) is 16.1 Å². The average molecular weight is 448 g/mol. The van der Waals surface area contributed by atoms with E-state index < -0.39 is 12.2 Å². The molecule has 1 fully saturated rings. The van der Waals surface area contributed by atoms with Crippen molar-refractivity contribution >= 4 is 5.91 Å². The zero-order valence-electron chi connectivity index (χ0n) is 18.9. The predicted molar refractivity (Wildman–Crippen MR) is 125 cm³/mol. The van der Waals surface area contributed by atoms with Crippen molar-refractivity contribution in [2.75, 3.05) is 20.3 Å². The van der Waals surface area contributed by atoms with Gasteiger partial charge < -0.3 is 24.2 Å². The Morgan fingerprint density at radius 2 is 1.73 bits per heavy atom. The minimum atomic E-state index is -1.32. The second-order valence-electron chi connectivity index (χ2n) is 8.04. The Bertz CT molecular complexity index is 1060. The van der Waals surface area contributed by atoms with Gasteiger partial charge in [0.25, 0.3) is 5.91 Å². The maximum Gasteiger partial charge on any atom is 0.255 e. The quantitative estimate of drug-likeness (QED) is 0.585. The third kappa shape index (κ3) is 5.18. The largest absolute Gasteiger partial charge is 0.493 e. The number of ether oxygens (including phenoxy) is 3. The first-order valence-corrected chi connectivity index (χ1v) is 11.1. The van der Waals surface area contributed by atoms with Gasteiger partial charge in [0.2, 0.25) is 0 Å². The van der Waals surface area contributed by atoms with Gasteiger partial charge in [-0.2, -0.15) is 0 Å². The predicted octanol–water partition coefficient (Wildman–Crippen LogP) is 4.30. The van der Waals surface area contributed by atoms with Crippen molar-refractivity contribution in [3.63, 3.8) is 0 Å². The van der Waals surface area contributed by atoms with Crippen LogP contribution in [0.5, 0.6) is 11.5 Å². The van der Waals surface area contributed by atoms with E-state index in [0.717, 1.165) is 11.1 Å². The molecule has 3 aromatic carbocycles. The van der Waals surface area contributed by atoms with Crippen molar-refractivity contribution < 1.29 is 24.1 Å². The fraction of sp³-hybridized carbons (Fsp3) is 0.296. The number of methoxy groups -OCH3 is 1. The molecule has 0 aromatic heterocycles. The van der Waals surface area contributed by atoms with E-state index in [9.17, 15) is 9.90 Å². The third-order valence-corrected chi connectivity index (χ3v) is 5.96. The molecule has 4 rings (SSSR count). The molecule has 172 valence electrons. The second-order valence-corrected chi connectivity index (χ2v) is 8.04. The maximum absolute atomic E-state index is 13.2.